The lowest BCUT2D eigenvalue weighted by Crippen LogP contribution is -2.44. The highest BCUT2D eigenvalue weighted by atomic mass is 35.5. The van der Waals surface area contributed by atoms with Gasteiger partial charge in [-0.1, -0.05) is 35.9 Å². The molecule has 0 aliphatic carbocycles. The van der Waals surface area contributed by atoms with E-state index in [1.54, 1.807) is 12.1 Å². The topological polar surface area (TPSA) is 44.8 Å². The van der Waals surface area contributed by atoms with Crippen molar-refractivity contribution in [3.05, 3.63) is 64.2 Å². The summed E-state index contributed by atoms with van der Waals surface area (Å²) >= 11 is 6.20. The van der Waals surface area contributed by atoms with Crippen LogP contribution in [0.5, 0.6) is 0 Å². The van der Waals surface area contributed by atoms with Gasteiger partial charge in [-0.3, -0.25) is 9.69 Å². The van der Waals surface area contributed by atoms with E-state index in [1.807, 2.05) is 12.1 Å². The fraction of sp³-hybridized carbons (Fsp3) is 0.435. The second-order valence-electron chi connectivity index (χ2n) is 7.77. The molecule has 2 heterocycles. The van der Waals surface area contributed by atoms with Gasteiger partial charge in [-0.2, -0.15) is 0 Å². The normalized spacial score (nSPS) is 18.2. The molecule has 2 aromatic carbocycles. The van der Waals surface area contributed by atoms with Crippen LogP contribution >= 0.6 is 11.6 Å². The Kier molecular flexibility index (Phi) is 6.38. The summed E-state index contributed by atoms with van der Waals surface area (Å²) < 4.78 is 5.55. The number of hydrogen-bond donors (Lipinski definition) is 1. The van der Waals surface area contributed by atoms with Crippen LogP contribution in [0.1, 0.15) is 33.9 Å². The summed E-state index contributed by atoms with van der Waals surface area (Å²) in [6.45, 7) is 4.82. The fourth-order valence-corrected chi connectivity index (χ4v) is 4.51. The quantitative estimate of drug-likeness (QED) is 0.814. The highest BCUT2D eigenvalue weighted by molar-refractivity contribution is 6.33. The molecular formula is C23H28ClN3O2. The molecule has 1 amide bonds. The van der Waals surface area contributed by atoms with E-state index in [0.29, 0.717) is 17.1 Å². The third-order valence-electron chi connectivity index (χ3n) is 5.90. The molecule has 0 radical (unpaired) electrons. The van der Waals surface area contributed by atoms with Gasteiger partial charge < -0.3 is 15.0 Å². The van der Waals surface area contributed by atoms with Crippen LogP contribution in [-0.4, -0.2) is 57.2 Å². The number of amides is 1. The first-order chi connectivity index (χ1) is 14.1. The Hall–Kier alpha value is -2.08. The maximum Gasteiger partial charge on any atom is 0.252 e. The highest BCUT2D eigenvalue weighted by Crippen LogP contribution is 2.31. The van der Waals surface area contributed by atoms with E-state index < -0.39 is 0 Å². The van der Waals surface area contributed by atoms with Crippen molar-refractivity contribution in [1.82, 2.24) is 10.2 Å². The van der Waals surface area contributed by atoms with Crippen LogP contribution in [0.2, 0.25) is 5.02 Å². The van der Waals surface area contributed by atoms with E-state index in [-0.39, 0.29) is 11.9 Å². The molecule has 2 aliphatic rings. The van der Waals surface area contributed by atoms with Gasteiger partial charge in [-0.25, -0.2) is 0 Å². The standard InChI is InChI=1S/C23H28ClN3O2/c1-26-10-4-5-17-15-18(8-9-21(17)26)22(27-11-13-29-14-12-27)16-25-23(28)19-6-2-3-7-20(19)24/h2-3,6-9,15,22H,4-5,10-14,16H2,1H3,(H,25,28)/t22-/m0/s1. The van der Waals surface area contributed by atoms with Crippen molar-refractivity contribution in [2.75, 3.05) is 51.3 Å². The average molecular weight is 414 g/mol. The summed E-state index contributed by atoms with van der Waals surface area (Å²) in [5.41, 5.74) is 4.48. The Balaban J connectivity index is 1.55. The fourth-order valence-electron chi connectivity index (χ4n) is 4.29. The first-order valence-corrected chi connectivity index (χ1v) is 10.7. The second kappa shape index (κ2) is 9.16. The first kappa shape index (κ1) is 20.2. The van der Waals surface area contributed by atoms with Crippen LogP contribution in [-0.2, 0) is 11.2 Å². The Morgan fingerprint density at radius 1 is 1.17 bits per heavy atom. The lowest BCUT2D eigenvalue weighted by atomic mass is 9.95. The molecule has 1 N–H and O–H groups in total. The summed E-state index contributed by atoms with van der Waals surface area (Å²) in [5.74, 6) is -0.133. The summed E-state index contributed by atoms with van der Waals surface area (Å²) in [4.78, 5) is 17.4. The molecule has 154 valence electrons. The van der Waals surface area contributed by atoms with Gasteiger partial charge >= 0.3 is 0 Å². The lowest BCUT2D eigenvalue weighted by molar-refractivity contribution is 0.0162. The molecule has 1 saturated heterocycles. The molecule has 0 unspecified atom stereocenters. The molecule has 2 aliphatic heterocycles. The zero-order valence-electron chi connectivity index (χ0n) is 16.9. The zero-order valence-corrected chi connectivity index (χ0v) is 17.6. The van der Waals surface area contributed by atoms with Gasteiger partial charge in [0.15, 0.2) is 0 Å². The number of nitrogens with zero attached hydrogens (tertiary/aromatic N) is 2. The van der Waals surface area contributed by atoms with E-state index in [2.05, 4.69) is 40.4 Å². The molecule has 2 aromatic rings. The van der Waals surface area contributed by atoms with Crippen molar-refractivity contribution in [2.24, 2.45) is 0 Å². The van der Waals surface area contributed by atoms with Gasteiger partial charge in [0.1, 0.15) is 0 Å². The third kappa shape index (κ3) is 4.58. The molecule has 5 nitrogen and oxygen atoms in total. The number of morpholine rings is 1. The number of carbonyl (C=O) groups excluding carboxylic acids is 1. The summed E-state index contributed by atoms with van der Waals surface area (Å²) in [7, 11) is 2.15. The van der Waals surface area contributed by atoms with Gasteiger partial charge in [-0.15, -0.1) is 0 Å². The van der Waals surface area contributed by atoms with E-state index in [0.717, 1.165) is 39.3 Å². The summed E-state index contributed by atoms with van der Waals surface area (Å²) in [6, 6.07) is 14.1. The SMILES string of the molecule is CN1CCCc2cc([C@H](CNC(=O)c3ccccc3Cl)N3CCOCC3)ccc21. The molecule has 6 heteroatoms. The number of anilines is 1. The van der Waals surface area contributed by atoms with Gasteiger partial charge in [0.05, 0.1) is 29.8 Å². The number of nitrogens with one attached hydrogen (secondary N) is 1. The minimum Gasteiger partial charge on any atom is -0.379 e. The van der Waals surface area contributed by atoms with Crippen molar-refractivity contribution < 1.29 is 9.53 Å². The maximum absolute atomic E-state index is 12.7. The molecule has 0 aromatic heterocycles. The molecule has 0 saturated carbocycles. The predicted molar refractivity (Wildman–Crippen MR) is 117 cm³/mol. The number of rotatable bonds is 5. The molecule has 0 bridgehead atoms. The molecule has 1 atom stereocenters. The van der Waals surface area contributed by atoms with Crippen LogP contribution in [0.25, 0.3) is 0 Å². The number of benzene rings is 2. The Morgan fingerprint density at radius 2 is 1.97 bits per heavy atom. The molecular weight excluding hydrogens is 386 g/mol. The number of carbonyl (C=O) groups is 1. The predicted octanol–water partition coefficient (Wildman–Crippen LogP) is 3.53. The summed E-state index contributed by atoms with van der Waals surface area (Å²) in [6.07, 6.45) is 2.29. The Morgan fingerprint density at radius 3 is 2.76 bits per heavy atom. The number of halogens is 1. The molecule has 4 rings (SSSR count). The van der Waals surface area contributed by atoms with Gasteiger partial charge in [-0.05, 0) is 42.2 Å². The van der Waals surface area contributed by atoms with Gasteiger partial charge in [0.2, 0.25) is 0 Å². The first-order valence-electron chi connectivity index (χ1n) is 10.3. The molecule has 0 spiro atoms. The van der Waals surface area contributed by atoms with Gasteiger partial charge in [0.25, 0.3) is 5.91 Å². The number of fused-ring (bicyclic) bond motifs is 1. The minimum atomic E-state index is -0.133. The monoisotopic (exact) mass is 413 g/mol. The second-order valence-corrected chi connectivity index (χ2v) is 8.17. The highest BCUT2D eigenvalue weighted by Gasteiger charge is 2.25. The van der Waals surface area contributed by atoms with Crippen molar-refractivity contribution >= 4 is 23.2 Å². The van der Waals surface area contributed by atoms with Crippen molar-refractivity contribution in [2.45, 2.75) is 18.9 Å². The molecule has 29 heavy (non-hydrogen) atoms. The van der Waals surface area contributed by atoms with E-state index in [4.69, 9.17) is 16.3 Å². The minimum absolute atomic E-state index is 0.114. The van der Waals surface area contributed by atoms with Crippen molar-refractivity contribution in [3.63, 3.8) is 0 Å². The summed E-state index contributed by atoms with van der Waals surface area (Å²) in [5, 5.41) is 3.58. The molecule has 1 fully saturated rings. The van der Waals surface area contributed by atoms with Crippen LogP contribution < -0.4 is 10.2 Å². The largest absolute Gasteiger partial charge is 0.379 e. The van der Waals surface area contributed by atoms with Crippen LogP contribution in [0, 0.1) is 0 Å². The Bertz CT molecular complexity index is 867. The zero-order chi connectivity index (χ0) is 20.2. The van der Waals surface area contributed by atoms with Crippen LogP contribution in [0.3, 0.4) is 0 Å². The van der Waals surface area contributed by atoms with Crippen molar-refractivity contribution in [1.29, 1.82) is 0 Å². The van der Waals surface area contributed by atoms with E-state index in [1.165, 1.54) is 23.2 Å². The number of ether oxygens (including phenoxy) is 1. The van der Waals surface area contributed by atoms with E-state index >= 15 is 0 Å². The van der Waals surface area contributed by atoms with Gasteiger partial charge in [0, 0.05) is 38.9 Å². The number of aryl methyl sites for hydroxylation is 1. The average Bonchev–Trinajstić information content (AvgIpc) is 2.75. The van der Waals surface area contributed by atoms with E-state index in [9.17, 15) is 4.79 Å². The van der Waals surface area contributed by atoms with Crippen LogP contribution in [0.4, 0.5) is 5.69 Å². The van der Waals surface area contributed by atoms with Crippen molar-refractivity contribution in [3.8, 4) is 0 Å². The Labute approximate surface area is 177 Å². The maximum atomic E-state index is 12.7. The van der Waals surface area contributed by atoms with Crippen LogP contribution in [0.15, 0.2) is 42.5 Å². The lowest BCUT2D eigenvalue weighted by Gasteiger charge is -2.36. The number of hydrogen-bond acceptors (Lipinski definition) is 4. The third-order valence-corrected chi connectivity index (χ3v) is 6.23. The smallest absolute Gasteiger partial charge is 0.252 e.